The minimum atomic E-state index is 0.0550. The van der Waals surface area contributed by atoms with Crippen molar-refractivity contribution in [3.8, 4) is 0 Å². The van der Waals surface area contributed by atoms with E-state index < -0.39 is 0 Å². The first kappa shape index (κ1) is 14.3. The molecule has 0 heterocycles. The summed E-state index contributed by atoms with van der Waals surface area (Å²) in [7, 11) is 0. The summed E-state index contributed by atoms with van der Waals surface area (Å²) in [4.78, 5) is 11.3. The first-order valence-corrected chi connectivity index (χ1v) is 6.83. The van der Waals surface area contributed by atoms with Crippen molar-refractivity contribution in [3.05, 3.63) is 70.8 Å². The maximum absolute atomic E-state index is 11.3. The van der Waals surface area contributed by atoms with Crippen molar-refractivity contribution in [3.63, 3.8) is 0 Å². The number of carbonyl (C=O) groups excluding carboxylic acids is 1. The van der Waals surface area contributed by atoms with E-state index in [1.807, 2.05) is 54.6 Å². The van der Waals surface area contributed by atoms with Crippen molar-refractivity contribution in [1.82, 2.24) is 0 Å². The topological polar surface area (TPSA) is 17.1 Å². The van der Waals surface area contributed by atoms with E-state index in [-0.39, 0.29) is 5.41 Å². The molecule has 0 aliphatic carbocycles. The number of hydrogen-bond acceptors (Lipinski definition) is 1. The van der Waals surface area contributed by atoms with Gasteiger partial charge in [-0.25, -0.2) is 0 Å². The van der Waals surface area contributed by atoms with E-state index in [4.69, 9.17) is 0 Å². The number of aldehydes is 1. The molecule has 0 spiro atoms. The van der Waals surface area contributed by atoms with Crippen LogP contribution in [0.15, 0.2) is 48.5 Å². The van der Waals surface area contributed by atoms with Crippen molar-refractivity contribution < 1.29 is 4.79 Å². The summed E-state index contributed by atoms with van der Waals surface area (Å²) >= 11 is 0. The first-order valence-electron chi connectivity index (χ1n) is 6.83. The maximum Gasteiger partial charge on any atom is 0.150 e. The number of rotatable bonds is 3. The first-order chi connectivity index (χ1) is 9.50. The average molecular weight is 264 g/mol. The summed E-state index contributed by atoms with van der Waals surface area (Å²) in [5.41, 5.74) is 4.06. The zero-order valence-corrected chi connectivity index (χ0v) is 12.3. The van der Waals surface area contributed by atoms with Crippen molar-refractivity contribution in [2.45, 2.75) is 26.2 Å². The summed E-state index contributed by atoms with van der Waals surface area (Å²) < 4.78 is 0. The van der Waals surface area contributed by atoms with Crippen LogP contribution in [0.4, 0.5) is 0 Å². The Labute approximate surface area is 121 Å². The Bertz CT molecular complexity index is 616. The summed E-state index contributed by atoms with van der Waals surface area (Å²) in [6.45, 7) is 6.45. The second-order valence-corrected chi connectivity index (χ2v) is 5.96. The van der Waals surface area contributed by atoms with Gasteiger partial charge in [0.1, 0.15) is 0 Å². The van der Waals surface area contributed by atoms with Crippen LogP contribution in [0.5, 0.6) is 0 Å². The van der Waals surface area contributed by atoms with Gasteiger partial charge in [-0.2, -0.15) is 0 Å². The van der Waals surface area contributed by atoms with Crippen LogP contribution in [0.2, 0.25) is 0 Å². The molecule has 2 aromatic rings. The molecule has 0 saturated heterocycles. The lowest BCUT2D eigenvalue weighted by atomic mass is 9.85. The Morgan fingerprint density at radius 1 is 0.850 bits per heavy atom. The number of carbonyl (C=O) groups is 1. The monoisotopic (exact) mass is 264 g/mol. The van der Waals surface area contributed by atoms with Gasteiger partial charge in [0.05, 0.1) is 0 Å². The largest absolute Gasteiger partial charge is 0.298 e. The molecule has 0 bridgehead atoms. The lowest BCUT2D eigenvalue weighted by molar-refractivity contribution is 0.112. The lowest BCUT2D eigenvalue weighted by Gasteiger charge is -2.19. The highest BCUT2D eigenvalue weighted by molar-refractivity contribution is 5.85. The van der Waals surface area contributed by atoms with E-state index in [0.29, 0.717) is 0 Å². The second kappa shape index (κ2) is 5.87. The van der Waals surface area contributed by atoms with Crippen LogP contribution in [0.1, 0.15) is 47.8 Å². The Morgan fingerprint density at radius 2 is 1.55 bits per heavy atom. The highest BCUT2D eigenvalue weighted by Gasteiger charge is 2.14. The molecule has 0 fully saturated rings. The molecule has 2 rings (SSSR count). The molecule has 0 atom stereocenters. The van der Waals surface area contributed by atoms with Crippen molar-refractivity contribution in [2.24, 2.45) is 0 Å². The minimum absolute atomic E-state index is 0.0550. The van der Waals surface area contributed by atoms with Crippen LogP contribution in [-0.2, 0) is 5.41 Å². The van der Waals surface area contributed by atoms with Gasteiger partial charge in [-0.3, -0.25) is 4.79 Å². The molecule has 0 N–H and O–H groups in total. The molecule has 0 aromatic heterocycles. The Hall–Kier alpha value is -2.15. The quantitative estimate of drug-likeness (QED) is 0.565. The number of benzene rings is 2. The molecule has 2 aromatic carbocycles. The third-order valence-electron chi connectivity index (χ3n) is 3.33. The van der Waals surface area contributed by atoms with E-state index in [2.05, 4.69) is 26.8 Å². The Balaban J connectivity index is 2.33. The van der Waals surface area contributed by atoms with Crippen LogP contribution in [0, 0.1) is 0 Å². The van der Waals surface area contributed by atoms with Gasteiger partial charge < -0.3 is 0 Å². The molecular formula is C19H20O. The molecule has 0 unspecified atom stereocenters. The van der Waals surface area contributed by atoms with Crippen LogP contribution in [0.25, 0.3) is 12.2 Å². The fourth-order valence-corrected chi connectivity index (χ4v) is 2.05. The van der Waals surface area contributed by atoms with E-state index >= 15 is 0 Å². The molecule has 1 heteroatoms. The van der Waals surface area contributed by atoms with Crippen molar-refractivity contribution in [2.75, 3.05) is 0 Å². The predicted octanol–water partition coefficient (Wildman–Crippen LogP) is 4.97. The normalized spacial score (nSPS) is 11.8. The van der Waals surface area contributed by atoms with Gasteiger partial charge in [-0.15, -0.1) is 0 Å². The maximum atomic E-state index is 11.3. The van der Waals surface area contributed by atoms with Crippen LogP contribution < -0.4 is 0 Å². The van der Waals surface area contributed by atoms with Crippen LogP contribution in [-0.4, -0.2) is 6.29 Å². The van der Waals surface area contributed by atoms with Crippen LogP contribution >= 0.6 is 0 Å². The smallest absolute Gasteiger partial charge is 0.150 e. The molecule has 0 aliphatic heterocycles. The van der Waals surface area contributed by atoms with E-state index in [0.717, 1.165) is 23.0 Å². The Morgan fingerprint density at radius 3 is 2.15 bits per heavy atom. The summed E-state index contributed by atoms with van der Waals surface area (Å²) in [5, 5.41) is 0. The van der Waals surface area contributed by atoms with Gasteiger partial charge >= 0.3 is 0 Å². The molecule has 0 amide bonds. The third-order valence-corrected chi connectivity index (χ3v) is 3.33. The Kier molecular flexibility index (Phi) is 4.19. The predicted molar refractivity (Wildman–Crippen MR) is 85.9 cm³/mol. The number of hydrogen-bond donors (Lipinski definition) is 0. The third kappa shape index (κ3) is 3.45. The molecular weight excluding hydrogens is 244 g/mol. The van der Waals surface area contributed by atoms with Gasteiger partial charge in [0, 0.05) is 5.56 Å². The lowest BCUT2D eigenvalue weighted by Crippen LogP contribution is -2.11. The van der Waals surface area contributed by atoms with E-state index in [9.17, 15) is 4.79 Å². The zero-order valence-electron chi connectivity index (χ0n) is 12.3. The standard InChI is InChI=1S/C19H20O/c1-19(2,3)18-12-11-16(17(13-18)14-20)10-9-15-7-5-4-6-8-15/h4-14H,1-3H3/b10-9+. The summed E-state index contributed by atoms with van der Waals surface area (Å²) in [5.74, 6) is 0. The van der Waals surface area contributed by atoms with Crippen LogP contribution in [0.3, 0.4) is 0 Å². The van der Waals surface area contributed by atoms with E-state index in [1.54, 1.807) is 0 Å². The van der Waals surface area contributed by atoms with Crippen molar-refractivity contribution in [1.29, 1.82) is 0 Å². The molecule has 20 heavy (non-hydrogen) atoms. The fraction of sp³-hybridized carbons (Fsp3) is 0.211. The highest BCUT2D eigenvalue weighted by Crippen LogP contribution is 2.24. The van der Waals surface area contributed by atoms with Gasteiger partial charge in [0.2, 0.25) is 0 Å². The second-order valence-electron chi connectivity index (χ2n) is 5.96. The van der Waals surface area contributed by atoms with Gasteiger partial charge in [-0.1, -0.05) is 75.4 Å². The SMILES string of the molecule is CC(C)(C)c1ccc(/C=C/c2ccccc2)c(C=O)c1. The van der Waals surface area contributed by atoms with Gasteiger partial charge in [0.25, 0.3) is 0 Å². The average Bonchev–Trinajstić information content (AvgIpc) is 2.45. The van der Waals surface area contributed by atoms with Gasteiger partial charge in [0.15, 0.2) is 6.29 Å². The minimum Gasteiger partial charge on any atom is -0.298 e. The molecule has 102 valence electrons. The highest BCUT2D eigenvalue weighted by atomic mass is 16.1. The molecule has 0 aliphatic rings. The van der Waals surface area contributed by atoms with Crippen molar-refractivity contribution >= 4 is 18.4 Å². The van der Waals surface area contributed by atoms with E-state index in [1.165, 1.54) is 5.56 Å². The molecule has 0 radical (unpaired) electrons. The van der Waals surface area contributed by atoms with Gasteiger partial charge in [-0.05, 0) is 28.2 Å². The summed E-state index contributed by atoms with van der Waals surface area (Å²) in [6, 6.07) is 16.2. The molecule has 0 saturated carbocycles. The summed E-state index contributed by atoms with van der Waals surface area (Å²) in [6.07, 6.45) is 4.95. The fourth-order valence-electron chi connectivity index (χ4n) is 2.05. The molecule has 1 nitrogen and oxygen atoms in total. The zero-order chi connectivity index (χ0) is 14.6.